The van der Waals surface area contributed by atoms with Crippen molar-refractivity contribution in [2.45, 2.75) is 42.0 Å². The van der Waals surface area contributed by atoms with Crippen molar-refractivity contribution in [3.63, 3.8) is 0 Å². The zero-order valence-corrected chi connectivity index (χ0v) is 67.2. The van der Waals surface area contributed by atoms with Gasteiger partial charge >= 0.3 is 68.5 Å². The van der Waals surface area contributed by atoms with Gasteiger partial charge in [0.1, 0.15) is 40.1 Å². The molecule has 0 aliphatic heterocycles. The molecule has 6 amide bonds. The fraction of sp³-hybridized carbons (Fsp3) is 0.138. The number of nitrogens with one attached hydrogen (secondary N) is 6. The smallest absolute Gasteiger partial charge is 0.323 e. The van der Waals surface area contributed by atoms with Crippen LogP contribution in [0.15, 0.2) is 182 Å². The molecule has 0 atom stereocenters. The number of phenolic OH excluding ortho intramolecular Hbond substituents is 2. The molecule has 3 heterocycles. The van der Waals surface area contributed by atoms with Crippen LogP contribution in [0, 0.1) is 34.6 Å². The van der Waals surface area contributed by atoms with E-state index in [1.807, 2.05) is 50.5 Å². The Bertz CT molecular complexity index is 4010. The molecule has 3 aromatic heterocycles. The van der Waals surface area contributed by atoms with Gasteiger partial charge in [0.05, 0.1) is 7.11 Å². The molecule has 0 unspecified atom stereocenters. The summed E-state index contributed by atoms with van der Waals surface area (Å²) < 4.78 is 52.0. The Morgan fingerprint density at radius 2 is 0.842 bits per heavy atom. The number of aryl methyl sites for hydroxylation is 5. The van der Waals surface area contributed by atoms with Crippen molar-refractivity contribution in [1.29, 1.82) is 0 Å². The van der Waals surface area contributed by atoms with E-state index in [0.717, 1.165) is 38.5 Å². The number of ether oxygens (including phenoxy) is 2. The number of carbonyl (C=O) groups is 5. The van der Waals surface area contributed by atoms with Gasteiger partial charge in [0, 0.05) is 152 Å². The standard InChI is InChI=1S/C21H19ClN4O3.C14H13ClN2O2.C8H10N2O.C8H9NO2.C7H8ClN.C6H7NO.CH4.I3.I2.HI.V/c1-13-11-15(5-8-18(13)22)26-21(28)25-14-3-6-16(7-4-14)29-17-9-10-24-19(12-17)20(27)23-2;1-9-8-11(4-7-13(9)15)17-14(19)16-10-2-5-12(18)6-3-10;1-6-3-4-10-7(5-6)8(11)9-2;1-6-3-4-9-7(5-6)8(10)11-2;1-5-4-6(9)2-3-7(5)8;7-5-1-3-6(8)4-2-5;;1-3-2;1-2;;/h3-12H,1-2H3,(H,23,27)(H2,25,26,28);2-8,18H,1H3,(H2,16,17,19);3-5H,1-2H3,(H,9,11);3-5H,1-2H3;2-4H,9H2,1H3;1-4,8H,7H2;1H4;;;1H;/q;;;;;;;-1;;;/i2D3;;2D3;;;;;;;;. The number of amides is 6. The summed E-state index contributed by atoms with van der Waals surface area (Å²) in [6.07, 6.45) is 4.38. The van der Waals surface area contributed by atoms with E-state index in [9.17, 15) is 24.0 Å². The topological polar surface area (TPSA) is 307 Å². The van der Waals surface area contributed by atoms with Gasteiger partial charge in [0.15, 0.2) is 0 Å². The summed E-state index contributed by atoms with van der Waals surface area (Å²) in [7, 11) is 1.34. The monoisotopic (exact) mass is 2070 g/mol. The van der Waals surface area contributed by atoms with Gasteiger partial charge in [0.2, 0.25) is 0 Å². The van der Waals surface area contributed by atoms with E-state index in [2.05, 4.69) is 115 Å². The molecule has 30 heteroatoms. The van der Waals surface area contributed by atoms with Crippen molar-refractivity contribution in [3.8, 4) is 23.0 Å². The summed E-state index contributed by atoms with van der Waals surface area (Å²) in [4.78, 5) is 69.5. The van der Waals surface area contributed by atoms with E-state index in [-0.39, 0.29) is 78.9 Å². The zero-order valence-electron chi connectivity index (χ0n) is 56.4. The van der Waals surface area contributed by atoms with E-state index < -0.39 is 37.8 Å². The average molecular weight is 2080 g/mol. The van der Waals surface area contributed by atoms with Gasteiger partial charge in [-0.25, -0.2) is 19.4 Å². The molecule has 0 aliphatic rings. The molecule has 20 nitrogen and oxygen atoms in total. The van der Waals surface area contributed by atoms with Crippen molar-refractivity contribution >= 4 is 197 Å². The average Bonchev–Trinajstić information content (AvgIpc) is 0.865. The number of phenols is 2. The fourth-order valence-corrected chi connectivity index (χ4v) is 6.95. The van der Waals surface area contributed by atoms with Gasteiger partial charge in [-0.05, 0) is 220 Å². The second kappa shape index (κ2) is 51.7. The molecule has 95 heavy (non-hydrogen) atoms. The van der Waals surface area contributed by atoms with Crippen molar-refractivity contribution in [2.75, 3.05) is 53.8 Å². The molecule has 9 aromatic rings. The van der Waals surface area contributed by atoms with E-state index in [4.69, 9.17) is 69.4 Å². The number of urea groups is 2. The Balaban J connectivity index is 0. The molecule has 0 saturated heterocycles. The van der Waals surface area contributed by atoms with Crippen LogP contribution in [0.2, 0.25) is 15.1 Å². The summed E-state index contributed by atoms with van der Waals surface area (Å²) in [6.45, 7) is 4.25. The number of esters is 1. The Morgan fingerprint density at radius 3 is 1.23 bits per heavy atom. The molecular weight excluding hydrogens is 2000 g/mol. The number of nitrogens with zero attached hydrogens (tertiary/aromatic N) is 3. The molecule has 0 fully saturated rings. The number of carbonyl (C=O) groups excluding carboxylic acids is 5. The van der Waals surface area contributed by atoms with Crippen LogP contribution in [0.1, 0.15) is 74.9 Å². The van der Waals surface area contributed by atoms with Gasteiger partial charge in [-0.1, -0.05) is 42.2 Å². The first-order valence-electron chi connectivity index (χ1n) is 29.0. The normalized spacial score (nSPS) is 10.4. The molecule has 0 aliphatic carbocycles. The number of benzene rings is 6. The first-order chi connectivity index (χ1) is 46.1. The molecule has 0 saturated carbocycles. The van der Waals surface area contributed by atoms with Crippen LogP contribution in [0.3, 0.4) is 0 Å². The number of halogens is 9. The summed E-state index contributed by atoms with van der Waals surface area (Å²) in [5.74, 6) is -0.775. The second-order valence-corrected chi connectivity index (χ2v) is 35.6. The van der Waals surface area contributed by atoms with Gasteiger partial charge < -0.3 is 63.1 Å². The van der Waals surface area contributed by atoms with Crippen LogP contribution < -0.4 is 61.4 Å². The molecule has 9 rings (SSSR count). The van der Waals surface area contributed by atoms with E-state index in [0.29, 0.717) is 68.9 Å². The number of rotatable bonds is 9. The van der Waals surface area contributed by atoms with Crippen LogP contribution in [0.4, 0.5) is 43.7 Å². The van der Waals surface area contributed by atoms with E-state index >= 15 is 0 Å². The number of nitrogens with two attached hydrogens (primary N) is 2. The third kappa shape index (κ3) is 38.3. The maximum absolute atomic E-state index is 12.2. The van der Waals surface area contributed by atoms with Crippen LogP contribution in [-0.4, -0.2) is 76.1 Å². The molecule has 0 bridgehead atoms. The van der Waals surface area contributed by atoms with Gasteiger partial charge in [-0.15, -0.1) is 24.0 Å². The van der Waals surface area contributed by atoms with Crippen LogP contribution in [0.5, 0.6) is 23.0 Å². The fourth-order valence-electron chi connectivity index (χ4n) is 6.60. The van der Waals surface area contributed by atoms with Crippen molar-refractivity contribution in [2.24, 2.45) is 0 Å². The number of aromatic hydroxyl groups is 2. The molecule has 0 spiro atoms. The van der Waals surface area contributed by atoms with Gasteiger partial charge in [0.25, 0.3) is 11.8 Å². The Hall–Kier alpha value is -5.45. The van der Waals surface area contributed by atoms with Crippen molar-refractivity contribution in [1.82, 2.24) is 25.6 Å². The minimum atomic E-state index is -2.61. The number of hydrogen-bond acceptors (Lipinski definition) is 14. The third-order valence-corrected chi connectivity index (χ3v) is 12.3. The van der Waals surface area contributed by atoms with E-state index in [1.165, 1.54) is 49.8 Å². The van der Waals surface area contributed by atoms with Crippen LogP contribution in [-0.2, 0) is 23.3 Å². The first kappa shape index (κ1) is 80.2. The first-order valence-corrected chi connectivity index (χ1v) is 46.0. The number of aromatic nitrogens is 3. The molecule has 1 radical (unpaired) electrons. The molecule has 509 valence electrons. The summed E-state index contributed by atoms with van der Waals surface area (Å²) in [5, 5.41) is 34.4. The Kier molecular flexibility index (Phi) is 43.7. The number of methoxy groups -OCH3 is 1. The number of pyridine rings is 3. The Labute approximate surface area is 659 Å². The predicted octanol–water partition coefficient (Wildman–Crippen LogP) is 15.8. The van der Waals surface area contributed by atoms with Crippen molar-refractivity contribution in [3.05, 3.63) is 242 Å². The molecule has 12 N–H and O–H groups in total. The van der Waals surface area contributed by atoms with E-state index in [1.54, 1.807) is 134 Å². The summed E-state index contributed by atoms with van der Waals surface area (Å²) in [6, 6.07) is 43.9. The SMILES string of the molecule is C.COC(=O)c1cc(C)ccn1.Cc1cc(N)ccc1Cl.Cc1cc(NC(=O)Nc2ccc(O)cc2)ccc1Cl.I.II.I[I-]I.Nc1ccc(O)cc1.[2H]C([2H])([2H])NC(=O)c1cc(C)ccn1.[2H]C([2H])([2H])NC(=O)c1cc(Oc2ccc(NC(=O)Nc3ccc(Cl)c(C)c3)cc2)ccn1.[V]. The molecule has 6 aromatic carbocycles. The number of anilines is 6. The van der Waals surface area contributed by atoms with Crippen LogP contribution >= 0.6 is 133 Å². The summed E-state index contributed by atoms with van der Waals surface area (Å²) >= 11 is 27.2. The van der Waals surface area contributed by atoms with Gasteiger partial charge in [-0.2, -0.15) is 0 Å². The van der Waals surface area contributed by atoms with Crippen LogP contribution in [0.25, 0.3) is 0 Å². The minimum Gasteiger partial charge on any atom is -0.508 e. The van der Waals surface area contributed by atoms with Crippen molar-refractivity contribution < 1.29 is 83.7 Å². The maximum Gasteiger partial charge on any atom is 0.323 e. The minimum absolute atomic E-state index is 0. The zero-order chi connectivity index (χ0) is 73.7. The largest absolute Gasteiger partial charge is 0.508 e. The quantitative estimate of drug-likeness (QED) is 0.0278. The number of nitrogen functional groups attached to an aromatic ring is 2. The number of hydrogen-bond donors (Lipinski definition) is 10. The maximum atomic E-state index is 12.2. The second-order valence-electron chi connectivity index (χ2n) is 18.1. The predicted molar refractivity (Wildman–Crippen MR) is 424 cm³/mol. The molecular formula is C65H71Cl3I6N11O9V-. The Morgan fingerprint density at radius 1 is 0.495 bits per heavy atom. The third-order valence-electron chi connectivity index (χ3n) is 11.0. The van der Waals surface area contributed by atoms with Gasteiger partial charge in [-0.3, -0.25) is 19.6 Å². The summed E-state index contributed by atoms with van der Waals surface area (Å²) in [5.41, 5.74) is 19.6.